The predicted molar refractivity (Wildman–Crippen MR) is 137 cm³/mol. The molecule has 34 heavy (non-hydrogen) atoms. The van der Waals surface area contributed by atoms with Gasteiger partial charge in [0.2, 0.25) is 0 Å². The average Bonchev–Trinajstić information content (AvgIpc) is 3.17. The van der Waals surface area contributed by atoms with Crippen LogP contribution in [0, 0.1) is 11.3 Å². The number of ether oxygens (including phenoxy) is 1. The van der Waals surface area contributed by atoms with Crippen molar-refractivity contribution in [1.82, 2.24) is 4.98 Å². The van der Waals surface area contributed by atoms with Gasteiger partial charge in [-0.2, -0.15) is 5.26 Å². The van der Waals surface area contributed by atoms with Crippen molar-refractivity contribution in [2.24, 2.45) is 0 Å². The number of carbonyl (C=O) groups is 1. The summed E-state index contributed by atoms with van der Waals surface area (Å²) in [6.45, 7) is 0. The van der Waals surface area contributed by atoms with E-state index in [4.69, 9.17) is 9.72 Å². The molecule has 0 saturated heterocycles. The van der Waals surface area contributed by atoms with Gasteiger partial charge in [-0.25, -0.2) is 4.98 Å². The third-order valence-electron chi connectivity index (χ3n) is 6.34. The second kappa shape index (κ2) is 9.66. The van der Waals surface area contributed by atoms with E-state index in [1.54, 1.807) is 18.4 Å². The van der Waals surface area contributed by atoms with Crippen LogP contribution in [0.1, 0.15) is 52.0 Å². The zero-order chi connectivity index (χ0) is 23.5. The number of aryl methyl sites for hydroxylation is 1. The van der Waals surface area contributed by atoms with Gasteiger partial charge in [-0.15, -0.1) is 11.3 Å². The van der Waals surface area contributed by atoms with Crippen molar-refractivity contribution in [1.29, 1.82) is 5.26 Å². The predicted octanol–water partition coefficient (Wildman–Crippen LogP) is 6.75. The van der Waals surface area contributed by atoms with Crippen molar-refractivity contribution >= 4 is 33.1 Å². The molecule has 1 N–H and O–H groups in total. The van der Waals surface area contributed by atoms with Crippen molar-refractivity contribution < 1.29 is 9.53 Å². The smallest absolute Gasteiger partial charge is 0.257 e. The van der Waals surface area contributed by atoms with Crippen LogP contribution >= 0.6 is 11.3 Å². The summed E-state index contributed by atoms with van der Waals surface area (Å²) in [5, 5.41) is 14.4. The molecule has 170 valence electrons. The van der Waals surface area contributed by atoms with Crippen LogP contribution in [0.2, 0.25) is 0 Å². The first kappa shape index (κ1) is 22.1. The lowest BCUT2D eigenvalue weighted by molar-refractivity contribution is 0.102. The molecule has 0 unspecified atom stereocenters. The molecule has 1 amide bonds. The number of carbonyl (C=O) groups excluding carboxylic acids is 1. The SMILES string of the molecule is COc1cccc(-c2cc(C(=O)Nc3sc4c(c3C#N)CCCCCC4)c3ccccc3n2)c1. The highest BCUT2D eigenvalue weighted by atomic mass is 32.1. The molecule has 2 aromatic heterocycles. The molecule has 0 radical (unpaired) electrons. The molecule has 5 nitrogen and oxygen atoms in total. The van der Waals surface area contributed by atoms with E-state index in [0.29, 0.717) is 21.8 Å². The standard InChI is InChI=1S/C28H25N3O2S/c1-33-19-10-8-9-18(15-19)25-16-22(20-11-6-7-13-24(20)30-25)27(32)31-28-23(17-29)21-12-4-2-3-5-14-26(21)34-28/h6-11,13,15-16H,2-5,12,14H2,1H3,(H,31,32). The number of hydrogen-bond acceptors (Lipinski definition) is 5. The minimum atomic E-state index is -0.228. The van der Waals surface area contributed by atoms with Gasteiger partial charge in [0.25, 0.3) is 5.91 Å². The molecule has 0 saturated carbocycles. The number of benzene rings is 2. The number of fused-ring (bicyclic) bond motifs is 2. The molecule has 2 heterocycles. The molecular formula is C28H25N3O2S. The fourth-order valence-corrected chi connectivity index (χ4v) is 5.82. The van der Waals surface area contributed by atoms with Crippen molar-refractivity contribution in [2.45, 2.75) is 38.5 Å². The Morgan fingerprint density at radius 2 is 1.88 bits per heavy atom. The molecule has 1 aliphatic rings. The van der Waals surface area contributed by atoms with Gasteiger partial charge in [-0.3, -0.25) is 4.79 Å². The lowest BCUT2D eigenvalue weighted by atomic mass is 9.97. The van der Waals surface area contributed by atoms with E-state index in [1.807, 2.05) is 54.6 Å². The van der Waals surface area contributed by atoms with Crippen LogP contribution in [0.25, 0.3) is 22.2 Å². The summed E-state index contributed by atoms with van der Waals surface area (Å²) in [5.41, 5.74) is 4.60. The Kier molecular flexibility index (Phi) is 6.29. The Balaban J connectivity index is 1.56. The van der Waals surface area contributed by atoms with Gasteiger partial charge < -0.3 is 10.1 Å². The fourth-order valence-electron chi connectivity index (χ4n) is 4.59. The van der Waals surface area contributed by atoms with Crippen molar-refractivity contribution in [3.63, 3.8) is 0 Å². The number of para-hydroxylation sites is 1. The highest BCUT2D eigenvalue weighted by Gasteiger charge is 2.22. The Bertz CT molecular complexity index is 1420. The van der Waals surface area contributed by atoms with E-state index in [1.165, 1.54) is 17.7 Å². The maximum Gasteiger partial charge on any atom is 0.257 e. The van der Waals surface area contributed by atoms with E-state index in [9.17, 15) is 10.1 Å². The van der Waals surface area contributed by atoms with Crippen molar-refractivity contribution in [3.8, 4) is 23.1 Å². The van der Waals surface area contributed by atoms with Crippen LogP contribution in [0.5, 0.6) is 5.75 Å². The maximum atomic E-state index is 13.6. The zero-order valence-corrected chi connectivity index (χ0v) is 19.9. The molecule has 4 aromatic rings. The van der Waals surface area contributed by atoms with Gasteiger partial charge in [0.1, 0.15) is 16.8 Å². The molecule has 6 heteroatoms. The van der Waals surface area contributed by atoms with E-state index < -0.39 is 0 Å². The number of aromatic nitrogens is 1. The fraction of sp³-hybridized carbons (Fsp3) is 0.250. The van der Waals surface area contributed by atoms with Gasteiger partial charge in [-0.1, -0.05) is 43.2 Å². The van der Waals surface area contributed by atoms with E-state index >= 15 is 0 Å². The summed E-state index contributed by atoms with van der Waals surface area (Å²) in [6.07, 6.45) is 6.51. The number of hydrogen-bond donors (Lipinski definition) is 1. The second-order valence-electron chi connectivity index (χ2n) is 8.49. The minimum Gasteiger partial charge on any atom is -0.497 e. The Morgan fingerprint density at radius 3 is 2.71 bits per heavy atom. The van der Waals surface area contributed by atoms with Crippen LogP contribution in [0.3, 0.4) is 0 Å². The summed E-state index contributed by atoms with van der Waals surface area (Å²) in [4.78, 5) is 19.6. The van der Waals surface area contributed by atoms with Crippen LogP contribution in [0.15, 0.2) is 54.6 Å². The minimum absolute atomic E-state index is 0.228. The number of nitrogens with one attached hydrogen (secondary N) is 1. The molecule has 0 atom stereocenters. The summed E-state index contributed by atoms with van der Waals surface area (Å²) in [5.74, 6) is 0.501. The number of rotatable bonds is 4. The number of nitrogens with zero attached hydrogens (tertiary/aromatic N) is 2. The summed E-state index contributed by atoms with van der Waals surface area (Å²) >= 11 is 1.56. The second-order valence-corrected chi connectivity index (χ2v) is 9.60. The zero-order valence-electron chi connectivity index (χ0n) is 19.1. The van der Waals surface area contributed by atoms with Gasteiger partial charge in [0.15, 0.2) is 0 Å². The number of anilines is 1. The third kappa shape index (κ3) is 4.27. The lowest BCUT2D eigenvalue weighted by Gasteiger charge is -2.11. The summed E-state index contributed by atoms with van der Waals surface area (Å²) in [7, 11) is 1.63. The maximum absolute atomic E-state index is 13.6. The van der Waals surface area contributed by atoms with Gasteiger partial charge >= 0.3 is 0 Å². The van der Waals surface area contributed by atoms with Crippen LogP contribution < -0.4 is 10.1 Å². The summed E-state index contributed by atoms with van der Waals surface area (Å²) in [6, 6.07) is 19.5. The van der Waals surface area contributed by atoms with Crippen molar-refractivity contribution in [2.75, 3.05) is 12.4 Å². The van der Waals surface area contributed by atoms with Crippen LogP contribution in [0.4, 0.5) is 5.00 Å². The van der Waals surface area contributed by atoms with Crippen LogP contribution in [-0.4, -0.2) is 18.0 Å². The van der Waals surface area contributed by atoms with Gasteiger partial charge in [0.05, 0.1) is 29.4 Å². The van der Waals surface area contributed by atoms with Gasteiger partial charge in [0, 0.05) is 15.8 Å². The molecule has 1 aliphatic carbocycles. The number of thiophene rings is 1. The largest absolute Gasteiger partial charge is 0.497 e. The first-order valence-corrected chi connectivity index (χ1v) is 12.4. The summed E-state index contributed by atoms with van der Waals surface area (Å²) < 4.78 is 5.37. The van der Waals surface area contributed by atoms with E-state index in [0.717, 1.165) is 53.5 Å². The van der Waals surface area contributed by atoms with E-state index in [2.05, 4.69) is 11.4 Å². The van der Waals surface area contributed by atoms with Gasteiger partial charge in [-0.05, 0) is 55.5 Å². The normalized spacial score (nSPS) is 13.4. The molecular weight excluding hydrogens is 442 g/mol. The quantitative estimate of drug-likeness (QED) is 0.360. The number of amides is 1. The third-order valence-corrected chi connectivity index (χ3v) is 7.54. The molecule has 0 spiro atoms. The molecule has 0 bridgehead atoms. The average molecular weight is 468 g/mol. The first-order valence-electron chi connectivity index (χ1n) is 11.6. The topological polar surface area (TPSA) is 75.0 Å². The van der Waals surface area contributed by atoms with E-state index in [-0.39, 0.29) is 5.91 Å². The molecule has 2 aromatic carbocycles. The monoisotopic (exact) mass is 467 g/mol. The Morgan fingerprint density at radius 1 is 1.06 bits per heavy atom. The molecule has 5 rings (SSSR count). The Labute approximate surface area is 203 Å². The lowest BCUT2D eigenvalue weighted by Crippen LogP contribution is -2.13. The highest BCUT2D eigenvalue weighted by Crippen LogP contribution is 2.37. The highest BCUT2D eigenvalue weighted by molar-refractivity contribution is 7.16. The number of methoxy groups -OCH3 is 1. The van der Waals surface area contributed by atoms with Crippen LogP contribution in [-0.2, 0) is 12.8 Å². The molecule has 0 aliphatic heterocycles. The Hall–Kier alpha value is -3.69. The number of nitriles is 1. The first-order chi connectivity index (χ1) is 16.7. The number of pyridine rings is 1. The van der Waals surface area contributed by atoms with Crippen molar-refractivity contribution in [3.05, 3.63) is 76.2 Å². The molecule has 0 fully saturated rings.